The molecule has 1 aliphatic carbocycles. The lowest BCUT2D eigenvalue weighted by molar-refractivity contribution is 0.133. The molecule has 0 bridgehead atoms. The van der Waals surface area contributed by atoms with Crippen LogP contribution in [0.5, 0.6) is 0 Å². The molecular weight excluding hydrogens is 346 g/mol. The fourth-order valence-corrected chi connectivity index (χ4v) is 4.76. The minimum atomic E-state index is 0.458. The number of pyridine rings is 1. The summed E-state index contributed by atoms with van der Waals surface area (Å²) in [6.45, 7) is 4.12. The summed E-state index contributed by atoms with van der Waals surface area (Å²) in [7, 11) is 0. The maximum Gasteiger partial charge on any atom is 0.276 e. The highest BCUT2D eigenvalue weighted by Crippen LogP contribution is 2.33. The molecule has 26 heavy (non-hydrogen) atoms. The van der Waals surface area contributed by atoms with Crippen LogP contribution in [0.4, 0.5) is 0 Å². The summed E-state index contributed by atoms with van der Waals surface area (Å²) in [4.78, 5) is 17.7. The van der Waals surface area contributed by atoms with E-state index < -0.39 is 0 Å². The number of hydrogen-bond acceptors (Lipinski definition) is 7. The molecule has 0 amide bonds. The van der Waals surface area contributed by atoms with Crippen LogP contribution in [0.3, 0.4) is 0 Å². The van der Waals surface area contributed by atoms with Gasteiger partial charge in [0, 0.05) is 42.2 Å². The second kappa shape index (κ2) is 6.55. The van der Waals surface area contributed by atoms with Crippen molar-refractivity contribution in [2.45, 2.75) is 45.1 Å². The lowest BCUT2D eigenvalue weighted by Gasteiger charge is -2.36. The van der Waals surface area contributed by atoms with Gasteiger partial charge in [-0.15, -0.1) is 11.3 Å². The molecule has 2 aliphatic rings. The van der Waals surface area contributed by atoms with Gasteiger partial charge in [-0.25, -0.2) is 4.98 Å². The van der Waals surface area contributed by atoms with Crippen molar-refractivity contribution in [3.05, 3.63) is 34.7 Å². The smallest absolute Gasteiger partial charge is 0.276 e. The Morgan fingerprint density at radius 2 is 2.04 bits per heavy atom. The second-order valence-corrected chi connectivity index (χ2v) is 8.17. The van der Waals surface area contributed by atoms with E-state index >= 15 is 0 Å². The summed E-state index contributed by atoms with van der Waals surface area (Å²) in [5.41, 5.74) is 3.03. The topological polar surface area (TPSA) is 67.9 Å². The lowest BCUT2D eigenvalue weighted by atomic mass is 9.91. The monoisotopic (exact) mass is 367 g/mol. The molecule has 0 saturated heterocycles. The highest BCUT2D eigenvalue weighted by Gasteiger charge is 2.27. The Bertz CT molecular complexity index is 887. The van der Waals surface area contributed by atoms with Gasteiger partial charge >= 0.3 is 0 Å². The van der Waals surface area contributed by atoms with E-state index in [1.807, 2.05) is 29.7 Å². The predicted molar refractivity (Wildman–Crippen MR) is 100.0 cm³/mol. The first-order chi connectivity index (χ1) is 12.8. The molecule has 0 aromatic carbocycles. The fourth-order valence-electron chi connectivity index (χ4n) is 3.67. The van der Waals surface area contributed by atoms with Gasteiger partial charge in [0.15, 0.2) is 5.82 Å². The van der Waals surface area contributed by atoms with Crippen molar-refractivity contribution < 1.29 is 4.52 Å². The number of thiazole rings is 1. The van der Waals surface area contributed by atoms with Gasteiger partial charge in [0.25, 0.3) is 5.89 Å². The summed E-state index contributed by atoms with van der Waals surface area (Å²) in [5, 5.41) is 4.88. The molecule has 0 radical (unpaired) electrons. The maximum absolute atomic E-state index is 5.18. The summed E-state index contributed by atoms with van der Waals surface area (Å²) in [6, 6.07) is 4.79. The van der Waals surface area contributed by atoms with Crippen LogP contribution in [-0.2, 0) is 12.8 Å². The van der Waals surface area contributed by atoms with Crippen LogP contribution in [0.1, 0.15) is 35.7 Å². The van der Waals surface area contributed by atoms with E-state index in [0.717, 1.165) is 36.0 Å². The van der Waals surface area contributed by atoms with Crippen LogP contribution >= 0.6 is 11.3 Å². The Morgan fingerprint density at radius 3 is 2.73 bits per heavy atom. The van der Waals surface area contributed by atoms with E-state index in [0.29, 0.717) is 17.4 Å². The maximum atomic E-state index is 5.18. The molecule has 1 aliphatic heterocycles. The van der Waals surface area contributed by atoms with Crippen molar-refractivity contribution in [1.29, 1.82) is 0 Å². The highest BCUT2D eigenvalue weighted by molar-refractivity contribution is 7.15. The largest absolute Gasteiger partial charge is 0.332 e. The van der Waals surface area contributed by atoms with Gasteiger partial charge in [0.2, 0.25) is 0 Å². The fraction of sp³-hybridized carbons (Fsp3) is 0.474. The van der Waals surface area contributed by atoms with E-state index in [4.69, 9.17) is 9.51 Å². The Hall–Kier alpha value is -2.12. The molecule has 134 valence electrons. The molecule has 0 spiro atoms. The summed E-state index contributed by atoms with van der Waals surface area (Å²) in [5.74, 6) is 1.07. The minimum Gasteiger partial charge on any atom is -0.332 e. The number of aryl methyl sites for hydroxylation is 1. The number of hydrogen-bond donors (Lipinski definition) is 0. The zero-order valence-corrected chi connectivity index (χ0v) is 15.6. The molecule has 0 N–H and O–H groups in total. The van der Waals surface area contributed by atoms with Crippen LogP contribution in [0, 0.1) is 6.92 Å². The zero-order valence-electron chi connectivity index (χ0n) is 14.8. The summed E-state index contributed by atoms with van der Waals surface area (Å²) < 4.78 is 5.18. The minimum absolute atomic E-state index is 0.458. The van der Waals surface area contributed by atoms with E-state index in [1.165, 1.54) is 36.4 Å². The van der Waals surface area contributed by atoms with Crippen molar-refractivity contribution in [2.24, 2.45) is 0 Å². The van der Waals surface area contributed by atoms with Crippen molar-refractivity contribution in [2.75, 3.05) is 13.1 Å². The Kier molecular flexibility index (Phi) is 4.05. The van der Waals surface area contributed by atoms with Gasteiger partial charge in [-0.05, 0) is 38.3 Å². The van der Waals surface area contributed by atoms with Crippen LogP contribution in [0.2, 0.25) is 0 Å². The molecule has 7 heteroatoms. The van der Waals surface area contributed by atoms with E-state index in [9.17, 15) is 0 Å². The van der Waals surface area contributed by atoms with Gasteiger partial charge in [0.05, 0.1) is 5.69 Å². The van der Waals surface area contributed by atoms with Gasteiger partial charge in [0.1, 0.15) is 10.7 Å². The number of rotatable bonds is 3. The van der Waals surface area contributed by atoms with E-state index in [-0.39, 0.29) is 0 Å². The quantitative estimate of drug-likeness (QED) is 0.706. The Morgan fingerprint density at radius 1 is 1.15 bits per heavy atom. The first kappa shape index (κ1) is 16.1. The predicted octanol–water partition coefficient (Wildman–Crippen LogP) is 3.52. The van der Waals surface area contributed by atoms with Crippen molar-refractivity contribution >= 4 is 11.3 Å². The third-order valence-electron chi connectivity index (χ3n) is 5.39. The molecule has 0 atom stereocenters. The average molecular weight is 367 g/mol. The Balaban J connectivity index is 1.34. The van der Waals surface area contributed by atoms with E-state index in [2.05, 4.69) is 20.0 Å². The van der Waals surface area contributed by atoms with Crippen molar-refractivity contribution in [1.82, 2.24) is 25.0 Å². The molecule has 1 fully saturated rings. The Labute approximate surface area is 156 Å². The van der Waals surface area contributed by atoms with Gasteiger partial charge < -0.3 is 4.52 Å². The highest BCUT2D eigenvalue weighted by atomic mass is 32.1. The molecule has 4 heterocycles. The number of nitrogens with zero attached hydrogens (tertiary/aromatic N) is 5. The molecule has 1 saturated carbocycles. The van der Waals surface area contributed by atoms with Crippen LogP contribution in [0.15, 0.2) is 22.9 Å². The van der Waals surface area contributed by atoms with E-state index in [1.54, 1.807) is 6.92 Å². The van der Waals surface area contributed by atoms with Crippen LogP contribution in [-0.4, -0.2) is 44.1 Å². The van der Waals surface area contributed by atoms with Crippen LogP contribution in [0.25, 0.3) is 22.2 Å². The molecular formula is C19H21N5OS. The van der Waals surface area contributed by atoms with Crippen molar-refractivity contribution in [3.8, 4) is 22.2 Å². The van der Waals surface area contributed by atoms with Gasteiger partial charge in [-0.1, -0.05) is 11.6 Å². The molecule has 3 aromatic rings. The SMILES string of the molecule is Cc1noc(-c2ccc(-c3nc4c(s3)CCN(C3CCC3)CC4)cn2)n1. The summed E-state index contributed by atoms with van der Waals surface area (Å²) in [6.07, 6.45) is 8.20. The molecule has 3 aromatic heterocycles. The number of aromatic nitrogens is 4. The third kappa shape index (κ3) is 2.95. The standard InChI is InChI=1S/C19H21N5OS/c1-12-21-18(25-23-12)16-6-5-13(11-20-16)19-22-15-7-9-24(14-3-2-4-14)10-8-17(15)26-19/h5-6,11,14H,2-4,7-10H2,1H3. The third-order valence-corrected chi connectivity index (χ3v) is 6.59. The van der Waals surface area contributed by atoms with Crippen LogP contribution < -0.4 is 0 Å². The average Bonchev–Trinajstić information content (AvgIpc) is 3.18. The van der Waals surface area contributed by atoms with Gasteiger partial charge in [-0.2, -0.15) is 4.98 Å². The normalized spacial score (nSPS) is 18.3. The van der Waals surface area contributed by atoms with Crippen molar-refractivity contribution in [3.63, 3.8) is 0 Å². The molecule has 5 rings (SSSR count). The molecule has 6 nitrogen and oxygen atoms in total. The first-order valence-electron chi connectivity index (χ1n) is 9.26. The lowest BCUT2D eigenvalue weighted by Crippen LogP contribution is -2.41. The number of fused-ring (bicyclic) bond motifs is 1. The van der Waals surface area contributed by atoms with Gasteiger partial charge in [-0.3, -0.25) is 9.88 Å². The molecule has 0 unspecified atom stereocenters. The zero-order chi connectivity index (χ0) is 17.5. The first-order valence-corrected chi connectivity index (χ1v) is 10.1. The summed E-state index contributed by atoms with van der Waals surface area (Å²) >= 11 is 1.82. The second-order valence-electron chi connectivity index (χ2n) is 7.09.